The van der Waals surface area contributed by atoms with E-state index in [-0.39, 0.29) is 17.3 Å². The molecule has 1 saturated heterocycles. The molecule has 1 aromatic heterocycles. The maximum atomic E-state index is 13.6. The van der Waals surface area contributed by atoms with Gasteiger partial charge in [-0.15, -0.1) is 0 Å². The molecule has 4 rings (SSSR count). The lowest BCUT2D eigenvalue weighted by Gasteiger charge is -2.17. The molecular formula is C26H28O7. The predicted molar refractivity (Wildman–Crippen MR) is 126 cm³/mol. The fraction of sp³-hybridized carbons (Fsp3) is 0.346. The number of benzene rings is 2. The van der Waals surface area contributed by atoms with Crippen molar-refractivity contribution in [1.82, 2.24) is 0 Å². The van der Waals surface area contributed by atoms with Gasteiger partial charge in [0.15, 0.2) is 5.76 Å². The summed E-state index contributed by atoms with van der Waals surface area (Å²) >= 11 is 0. The summed E-state index contributed by atoms with van der Waals surface area (Å²) in [5.74, 6) is 2.11. The Morgan fingerprint density at radius 2 is 1.79 bits per heavy atom. The van der Waals surface area contributed by atoms with Crippen LogP contribution in [0.1, 0.15) is 19.4 Å². The first-order valence-corrected chi connectivity index (χ1v) is 10.7. The number of rotatable bonds is 9. The van der Waals surface area contributed by atoms with Crippen molar-refractivity contribution < 1.29 is 28.1 Å². The third-order valence-corrected chi connectivity index (χ3v) is 5.47. The van der Waals surface area contributed by atoms with E-state index in [1.54, 1.807) is 25.3 Å². The molecule has 7 nitrogen and oxygen atoms in total. The Labute approximate surface area is 192 Å². The Morgan fingerprint density at radius 1 is 1.06 bits per heavy atom. The number of ether oxygens (including phenoxy) is 5. The van der Waals surface area contributed by atoms with Crippen molar-refractivity contribution in [2.45, 2.75) is 26.4 Å². The fourth-order valence-corrected chi connectivity index (χ4v) is 3.60. The average molecular weight is 453 g/mol. The zero-order valence-electron chi connectivity index (χ0n) is 19.5. The van der Waals surface area contributed by atoms with Crippen LogP contribution in [0.2, 0.25) is 0 Å². The second kappa shape index (κ2) is 9.58. The molecule has 174 valence electrons. The van der Waals surface area contributed by atoms with Gasteiger partial charge in [0.05, 0.1) is 27.9 Å². The van der Waals surface area contributed by atoms with Crippen molar-refractivity contribution >= 4 is 11.0 Å². The molecule has 2 heterocycles. The zero-order valence-corrected chi connectivity index (χ0v) is 19.5. The van der Waals surface area contributed by atoms with Crippen LogP contribution in [-0.4, -0.2) is 40.6 Å². The van der Waals surface area contributed by atoms with Crippen LogP contribution < -0.4 is 24.4 Å². The minimum atomic E-state index is -0.308. The van der Waals surface area contributed by atoms with Gasteiger partial charge in [-0.25, -0.2) is 0 Å². The quantitative estimate of drug-likeness (QED) is 0.342. The molecule has 0 amide bonds. The van der Waals surface area contributed by atoms with Crippen molar-refractivity contribution in [3.63, 3.8) is 0 Å². The molecule has 0 bridgehead atoms. The summed E-state index contributed by atoms with van der Waals surface area (Å²) in [6.07, 6.45) is 2.68. The largest absolute Gasteiger partial charge is 0.497 e. The lowest BCUT2D eigenvalue weighted by Crippen LogP contribution is -2.12. The summed E-state index contributed by atoms with van der Waals surface area (Å²) in [6.45, 7) is 5.14. The lowest BCUT2D eigenvalue weighted by atomic mass is 10.0. The Hall–Kier alpha value is -3.45. The Kier molecular flexibility index (Phi) is 6.60. The number of epoxide rings is 1. The van der Waals surface area contributed by atoms with E-state index in [4.69, 9.17) is 28.1 Å². The van der Waals surface area contributed by atoms with E-state index in [2.05, 4.69) is 6.08 Å². The summed E-state index contributed by atoms with van der Waals surface area (Å²) in [7, 11) is 4.57. The van der Waals surface area contributed by atoms with Gasteiger partial charge in [0.2, 0.25) is 11.2 Å². The topological polar surface area (TPSA) is 79.7 Å². The van der Waals surface area contributed by atoms with Crippen LogP contribution in [-0.2, 0) is 11.2 Å². The van der Waals surface area contributed by atoms with Crippen LogP contribution >= 0.6 is 0 Å². The number of hydrogen-bond donors (Lipinski definition) is 0. The summed E-state index contributed by atoms with van der Waals surface area (Å²) in [6, 6.07) is 8.99. The SMILES string of the molecule is COc1ccc(-c2oc3c(CC=C(C)C)c(OCC4CO4)cc(OC)c3c(=O)c2OC)cc1. The predicted octanol–water partition coefficient (Wildman–Crippen LogP) is 4.77. The minimum absolute atomic E-state index is 0.0840. The van der Waals surface area contributed by atoms with Crippen LogP contribution in [0.25, 0.3) is 22.3 Å². The molecule has 0 aliphatic carbocycles. The summed E-state index contributed by atoms with van der Waals surface area (Å²) in [5, 5.41) is 0.318. The van der Waals surface area contributed by atoms with Crippen LogP contribution in [0.15, 0.2) is 51.2 Å². The first kappa shape index (κ1) is 22.7. The zero-order chi connectivity index (χ0) is 23.5. The molecule has 33 heavy (non-hydrogen) atoms. The van der Waals surface area contributed by atoms with Gasteiger partial charge in [0.25, 0.3) is 0 Å². The maximum Gasteiger partial charge on any atom is 0.239 e. The van der Waals surface area contributed by atoms with Crippen LogP contribution in [0.4, 0.5) is 0 Å². The Morgan fingerprint density at radius 3 is 2.36 bits per heavy atom. The fourth-order valence-electron chi connectivity index (χ4n) is 3.60. The van der Waals surface area contributed by atoms with Gasteiger partial charge in [0.1, 0.15) is 40.9 Å². The molecule has 2 aromatic carbocycles. The third kappa shape index (κ3) is 4.68. The van der Waals surface area contributed by atoms with E-state index in [1.807, 2.05) is 26.0 Å². The molecule has 3 aromatic rings. The van der Waals surface area contributed by atoms with Crippen molar-refractivity contribution in [2.24, 2.45) is 0 Å². The van der Waals surface area contributed by atoms with Gasteiger partial charge in [-0.05, 0) is 44.5 Å². The highest BCUT2D eigenvalue weighted by Gasteiger charge is 2.27. The van der Waals surface area contributed by atoms with Crippen molar-refractivity contribution in [1.29, 1.82) is 0 Å². The number of methoxy groups -OCH3 is 3. The molecule has 1 unspecified atom stereocenters. The number of allylic oxidation sites excluding steroid dienone is 2. The molecule has 0 spiro atoms. The maximum absolute atomic E-state index is 13.6. The lowest BCUT2D eigenvalue weighted by molar-refractivity contribution is 0.260. The smallest absolute Gasteiger partial charge is 0.239 e. The standard InChI is InChI=1S/C26H28O7/c1-15(2)6-11-19-20(32-14-18-13-31-18)12-21(29-4)22-23(27)26(30-5)24(33-25(19)22)16-7-9-17(28-3)10-8-16/h6-10,12,18H,11,13-14H2,1-5H3. The van der Waals surface area contributed by atoms with E-state index in [0.29, 0.717) is 59.2 Å². The Bertz CT molecular complexity index is 1230. The average Bonchev–Trinajstić information content (AvgIpc) is 3.65. The van der Waals surface area contributed by atoms with Crippen LogP contribution in [0.5, 0.6) is 23.0 Å². The van der Waals surface area contributed by atoms with Crippen molar-refractivity contribution in [3.05, 3.63) is 57.8 Å². The summed E-state index contributed by atoms with van der Waals surface area (Å²) < 4.78 is 34.1. The van der Waals surface area contributed by atoms with Crippen LogP contribution in [0.3, 0.4) is 0 Å². The minimum Gasteiger partial charge on any atom is -0.497 e. The first-order chi connectivity index (χ1) is 16.0. The van der Waals surface area contributed by atoms with Crippen molar-refractivity contribution in [2.75, 3.05) is 34.5 Å². The number of hydrogen-bond acceptors (Lipinski definition) is 7. The van der Waals surface area contributed by atoms with Gasteiger partial charge in [-0.2, -0.15) is 0 Å². The van der Waals surface area contributed by atoms with E-state index < -0.39 is 0 Å². The van der Waals surface area contributed by atoms with E-state index in [0.717, 1.165) is 11.1 Å². The highest BCUT2D eigenvalue weighted by Crippen LogP contribution is 2.40. The molecule has 7 heteroatoms. The van der Waals surface area contributed by atoms with Crippen LogP contribution in [0, 0.1) is 0 Å². The van der Waals surface area contributed by atoms with Gasteiger partial charge >= 0.3 is 0 Å². The number of fused-ring (bicyclic) bond motifs is 1. The van der Waals surface area contributed by atoms with Gasteiger partial charge < -0.3 is 28.1 Å². The second-order valence-electron chi connectivity index (χ2n) is 8.03. The molecule has 0 saturated carbocycles. The second-order valence-corrected chi connectivity index (χ2v) is 8.03. The highest BCUT2D eigenvalue weighted by atomic mass is 16.6. The molecule has 1 aliphatic heterocycles. The highest BCUT2D eigenvalue weighted by molar-refractivity contribution is 5.91. The molecular weight excluding hydrogens is 424 g/mol. The third-order valence-electron chi connectivity index (χ3n) is 5.47. The molecule has 1 atom stereocenters. The van der Waals surface area contributed by atoms with Crippen molar-refractivity contribution in [3.8, 4) is 34.3 Å². The van der Waals surface area contributed by atoms with Gasteiger partial charge in [-0.1, -0.05) is 11.6 Å². The van der Waals surface area contributed by atoms with E-state index in [9.17, 15) is 4.79 Å². The van der Waals surface area contributed by atoms with Gasteiger partial charge in [0, 0.05) is 17.2 Å². The summed E-state index contributed by atoms with van der Waals surface area (Å²) in [4.78, 5) is 13.6. The van der Waals surface area contributed by atoms with E-state index >= 15 is 0 Å². The molecule has 0 radical (unpaired) electrons. The summed E-state index contributed by atoms with van der Waals surface area (Å²) in [5.41, 5.74) is 2.70. The molecule has 0 N–H and O–H groups in total. The molecule has 1 fully saturated rings. The monoisotopic (exact) mass is 452 g/mol. The van der Waals surface area contributed by atoms with E-state index in [1.165, 1.54) is 14.2 Å². The molecule has 1 aliphatic rings. The van der Waals surface area contributed by atoms with Gasteiger partial charge in [-0.3, -0.25) is 4.79 Å². The Balaban J connectivity index is 1.99. The first-order valence-electron chi connectivity index (χ1n) is 10.7. The normalized spacial score (nSPS) is 14.6.